The van der Waals surface area contributed by atoms with E-state index in [0.717, 1.165) is 12.0 Å². The number of piperidine rings is 1. The van der Waals surface area contributed by atoms with Gasteiger partial charge in [0, 0.05) is 6.04 Å². The Labute approximate surface area is 76.9 Å². The minimum absolute atomic E-state index is 0.480. The molecule has 0 aliphatic carbocycles. The Hall–Kier alpha value is -0.0400. The number of hydrogen-bond acceptors (Lipinski definition) is 1. The second-order valence-electron chi connectivity index (χ2n) is 5.08. The second-order valence-corrected chi connectivity index (χ2v) is 5.08. The van der Waals surface area contributed by atoms with Crippen LogP contribution in [0.15, 0.2) is 0 Å². The molecule has 72 valence electrons. The van der Waals surface area contributed by atoms with E-state index in [0.29, 0.717) is 5.41 Å². The van der Waals surface area contributed by atoms with Gasteiger partial charge in [-0.3, -0.25) is 0 Å². The van der Waals surface area contributed by atoms with Crippen LogP contribution in [0.2, 0.25) is 0 Å². The maximum absolute atomic E-state index is 3.63. The number of rotatable bonds is 1. The highest BCUT2D eigenvalue weighted by Gasteiger charge is 2.32. The quantitative estimate of drug-likeness (QED) is 0.636. The van der Waals surface area contributed by atoms with Crippen LogP contribution in [0.1, 0.15) is 47.0 Å². The van der Waals surface area contributed by atoms with Crippen LogP contribution in [-0.4, -0.2) is 12.6 Å². The predicted octanol–water partition coefficient (Wildman–Crippen LogP) is 2.81. The molecular formula is C11H23N. The lowest BCUT2D eigenvalue weighted by molar-refractivity contribution is 0.136. The summed E-state index contributed by atoms with van der Waals surface area (Å²) < 4.78 is 0. The zero-order valence-electron chi connectivity index (χ0n) is 8.98. The summed E-state index contributed by atoms with van der Waals surface area (Å²) in [5, 5.41) is 3.63. The molecule has 0 radical (unpaired) electrons. The van der Waals surface area contributed by atoms with Crippen molar-refractivity contribution in [2.24, 2.45) is 11.3 Å². The van der Waals surface area contributed by atoms with Crippen molar-refractivity contribution in [3.05, 3.63) is 0 Å². The van der Waals surface area contributed by atoms with E-state index < -0.39 is 0 Å². The molecule has 0 bridgehead atoms. The molecule has 0 aromatic carbocycles. The van der Waals surface area contributed by atoms with Crippen LogP contribution in [0.5, 0.6) is 0 Å². The van der Waals surface area contributed by atoms with Gasteiger partial charge in [0.05, 0.1) is 0 Å². The monoisotopic (exact) mass is 169 g/mol. The minimum atomic E-state index is 0.480. The van der Waals surface area contributed by atoms with Crippen LogP contribution in [0.25, 0.3) is 0 Å². The predicted molar refractivity (Wildman–Crippen MR) is 54.3 cm³/mol. The lowest BCUT2D eigenvalue weighted by atomic mass is 9.71. The molecular weight excluding hydrogens is 146 g/mol. The molecule has 0 aromatic rings. The smallest absolute Gasteiger partial charge is 0.00977 e. The first kappa shape index (κ1) is 10.0. The third-order valence-corrected chi connectivity index (χ3v) is 3.14. The maximum Gasteiger partial charge on any atom is 0.00977 e. The molecule has 1 N–H and O–H groups in total. The first-order valence-electron chi connectivity index (χ1n) is 5.29. The van der Waals surface area contributed by atoms with Gasteiger partial charge in [-0.15, -0.1) is 0 Å². The zero-order valence-corrected chi connectivity index (χ0v) is 8.98. The molecule has 0 amide bonds. The van der Waals surface area contributed by atoms with Gasteiger partial charge in [-0.05, 0) is 37.1 Å². The molecule has 1 heterocycles. The van der Waals surface area contributed by atoms with E-state index in [1.54, 1.807) is 0 Å². The Bertz CT molecular complexity index is 134. The van der Waals surface area contributed by atoms with Crippen molar-refractivity contribution in [3.8, 4) is 0 Å². The van der Waals surface area contributed by atoms with Crippen LogP contribution < -0.4 is 5.32 Å². The third-order valence-electron chi connectivity index (χ3n) is 3.14. The molecule has 1 fully saturated rings. The average molecular weight is 169 g/mol. The molecule has 0 saturated carbocycles. The molecule has 12 heavy (non-hydrogen) atoms. The van der Waals surface area contributed by atoms with Crippen LogP contribution in [0.3, 0.4) is 0 Å². The summed E-state index contributed by atoms with van der Waals surface area (Å²) in [6, 6.07) is 0.763. The van der Waals surface area contributed by atoms with Crippen LogP contribution in [-0.2, 0) is 0 Å². The Balaban J connectivity index is 2.59. The van der Waals surface area contributed by atoms with E-state index in [9.17, 15) is 0 Å². The van der Waals surface area contributed by atoms with Gasteiger partial charge in [0.25, 0.3) is 0 Å². The van der Waals surface area contributed by atoms with Crippen molar-refractivity contribution >= 4 is 0 Å². The van der Waals surface area contributed by atoms with Gasteiger partial charge in [-0.25, -0.2) is 0 Å². The normalized spacial score (nSPS) is 32.0. The first-order chi connectivity index (χ1) is 5.55. The van der Waals surface area contributed by atoms with Crippen LogP contribution in [0.4, 0.5) is 0 Å². The van der Waals surface area contributed by atoms with Gasteiger partial charge in [0.15, 0.2) is 0 Å². The molecule has 1 rings (SSSR count). The molecule has 1 nitrogen and oxygen atoms in total. The average Bonchev–Trinajstić information content (AvgIpc) is 2.03. The van der Waals surface area contributed by atoms with E-state index >= 15 is 0 Å². The van der Waals surface area contributed by atoms with E-state index in [-0.39, 0.29) is 0 Å². The fourth-order valence-corrected chi connectivity index (χ4v) is 2.42. The van der Waals surface area contributed by atoms with Gasteiger partial charge >= 0.3 is 0 Å². The Morgan fingerprint density at radius 3 is 2.42 bits per heavy atom. The minimum Gasteiger partial charge on any atom is -0.314 e. The van der Waals surface area contributed by atoms with Crippen LogP contribution in [0, 0.1) is 11.3 Å². The first-order valence-corrected chi connectivity index (χ1v) is 5.29. The second kappa shape index (κ2) is 3.78. The maximum atomic E-state index is 3.63. The van der Waals surface area contributed by atoms with Gasteiger partial charge in [-0.1, -0.05) is 27.7 Å². The molecule has 0 spiro atoms. The van der Waals surface area contributed by atoms with Crippen molar-refractivity contribution in [1.82, 2.24) is 5.32 Å². The molecule has 1 aliphatic heterocycles. The Morgan fingerprint density at radius 2 is 2.00 bits per heavy atom. The fourth-order valence-electron chi connectivity index (χ4n) is 2.42. The largest absolute Gasteiger partial charge is 0.314 e. The third kappa shape index (κ3) is 2.22. The molecule has 1 saturated heterocycles. The zero-order chi connectivity index (χ0) is 9.19. The van der Waals surface area contributed by atoms with Crippen molar-refractivity contribution in [1.29, 1.82) is 0 Å². The number of nitrogens with one attached hydrogen (secondary N) is 1. The Kier molecular flexibility index (Phi) is 3.16. The van der Waals surface area contributed by atoms with E-state index in [1.165, 1.54) is 25.8 Å². The van der Waals surface area contributed by atoms with Gasteiger partial charge < -0.3 is 5.32 Å². The van der Waals surface area contributed by atoms with Gasteiger partial charge in [0.2, 0.25) is 0 Å². The van der Waals surface area contributed by atoms with Gasteiger partial charge in [0.1, 0.15) is 0 Å². The molecule has 1 heteroatoms. The van der Waals surface area contributed by atoms with Crippen molar-refractivity contribution in [2.45, 2.75) is 53.0 Å². The SMILES string of the molecule is CCC1NCCCC1C(C)(C)C. The lowest BCUT2D eigenvalue weighted by Gasteiger charge is -2.40. The van der Waals surface area contributed by atoms with Crippen LogP contribution >= 0.6 is 0 Å². The fraction of sp³-hybridized carbons (Fsp3) is 1.00. The highest BCUT2D eigenvalue weighted by molar-refractivity contribution is 4.87. The summed E-state index contributed by atoms with van der Waals surface area (Å²) in [5.41, 5.74) is 0.480. The molecule has 0 aromatic heterocycles. The standard InChI is InChI=1S/C11H23N/c1-5-10-9(11(2,3)4)7-6-8-12-10/h9-10,12H,5-8H2,1-4H3. The molecule has 2 unspecified atom stereocenters. The molecule has 2 atom stereocenters. The summed E-state index contributed by atoms with van der Waals surface area (Å²) >= 11 is 0. The summed E-state index contributed by atoms with van der Waals surface area (Å²) in [6.45, 7) is 10.6. The van der Waals surface area contributed by atoms with E-state index in [4.69, 9.17) is 0 Å². The highest BCUT2D eigenvalue weighted by Crippen LogP contribution is 2.35. The number of hydrogen-bond donors (Lipinski definition) is 1. The topological polar surface area (TPSA) is 12.0 Å². The molecule has 1 aliphatic rings. The lowest BCUT2D eigenvalue weighted by Crippen LogP contribution is -2.46. The summed E-state index contributed by atoms with van der Waals surface area (Å²) in [4.78, 5) is 0. The summed E-state index contributed by atoms with van der Waals surface area (Å²) in [5.74, 6) is 0.872. The van der Waals surface area contributed by atoms with E-state index in [2.05, 4.69) is 33.0 Å². The van der Waals surface area contributed by atoms with Crippen molar-refractivity contribution in [2.75, 3.05) is 6.54 Å². The highest BCUT2D eigenvalue weighted by atomic mass is 14.9. The van der Waals surface area contributed by atoms with Gasteiger partial charge in [-0.2, -0.15) is 0 Å². The Morgan fingerprint density at radius 1 is 1.33 bits per heavy atom. The van der Waals surface area contributed by atoms with Crippen molar-refractivity contribution < 1.29 is 0 Å². The summed E-state index contributed by atoms with van der Waals surface area (Å²) in [6.07, 6.45) is 4.05. The van der Waals surface area contributed by atoms with E-state index in [1.807, 2.05) is 0 Å². The summed E-state index contributed by atoms with van der Waals surface area (Å²) in [7, 11) is 0. The van der Waals surface area contributed by atoms with Crippen molar-refractivity contribution in [3.63, 3.8) is 0 Å².